The van der Waals surface area contributed by atoms with Crippen molar-refractivity contribution in [2.75, 3.05) is 23.3 Å². The number of rotatable bonds is 6. The molecule has 2 N–H and O–H groups in total. The second-order valence-electron chi connectivity index (χ2n) is 9.58. The van der Waals surface area contributed by atoms with Gasteiger partial charge >= 0.3 is 0 Å². The average Bonchev–Trinajstić information content (AvgIpc) is 3.36. The number of aromatic nitrogens is 3. The Labute approximate surface area is 231 Å². The van der Waals surface area contributed by atoms with Crippen LogP contribution in [-0.4, -0.2) is 44.0 Å². The summed E-state index contributed by atoms with van der Waals surface area (Å²) in [5.41, 5.74) is 5.65. The first-order valence-electron chi connectivity index (χ1n) is 12.9. The van der Waals surface area contributed by atoms with Crippen molar-refractivity contribution in [2.45, 2.75) is 39.5 Å². The van der Waals surface area contributed by atoms with Gasteiger partial charge in [0.1, 0.15) is 16.7 Å². The molecule has 2 heterocycles. The summed E-state index contributed by atoms with van der Waals surface area (Å²) < 4.78 is 0. The Morgan fingerprint density at radius 3 is 2.38 bits per heavy atom. The number of nitrogens with zero attached hydrogens (tertiary/aromatic N) is 5. The van der Waals surface area contributed by atoms with E-state index in [1.54, 1.807) is 16.9 Å². The molecular weight excluding hydrogens is 514 g/mol. The van der Waals surface area contributed by atoms with Gasteiger partial charge in [0.15, 0.2) is 5.11 Å². The minimum absolute atomic E-state index is 0.0766. The molecule has 1 amide bonds. The van der Waals surface area contributed by atoms with Gasteiger partial charge < -0.3 is 10.2 Å². The van der Waals surface area contributed by atoms with E-state index in [1.165, 1.54) is 11.6 Å². The third kappa shape index (κ3) is 5.73. The van der Waals surface area contributed by atoms with E-state index < -0.39 is 10.8 Å². The number of aryl methyl sites for hydroxylation is 2. The summed E-state index contributed by atoms with van der Waals surface area (Å²) in [6.45, 7) is 5.55. The lowest BCUT2D eigenvalue weighted by molar-refractivity contribution is -0.384. The van der Waals surface area contributed by atoms with E-state index in [2.05, 4.69) is 39.9 Å². The summed E-state index contributed by atoms with van der Waals surface area (Å²) in [6, 6.07) is 16.3. The normalized spacial score (nSPS) is 13.3. The summed E-state index contributed by atoms with van der Waals surface area (Å²) in [5.74, 6) is -0.527. The fourth-order valence-corrected chi connectivity index (χ4v) is 4.93. The lowest BCUT2D eigenvalue weighted by Crippen LogP contribution is -2.34. The summed E-state index contributed by atoms with van der Waals surface area (Å²) in [7, 11) is 0. The van der Waals surface area contributed by atoms with Crippen LogP contribution in [-0.2, 0) is 6.42 Å². The van der Waals surface area contributed by atoms with Gasteiger partial charge in [0.2, 0.25) is 0 Å². The Morgan fingerprint density at radius 1 is 1.03 bits per heavy atom. The number of hydrogen-bond donors (Lipinski definition) is 2. The van der Waals surface area contributed by atoms with Crippen molar-refractivity contribution < 1.29 is 9.72 Å². The molecule has 200 valence electrons. The minimum atomic E-state index is -0.527. The summed E-state index contributed by atoms with van der Waals surface area (Å²) >= 11 is 5.39. The lowest BCUT2D eigenvalue weighted by atomic mass is 10.1. The summed E-state index contributed by atoms with van der Waals surface area (Å²) in [5, 5.41) is 26.7. The zero-order valence-corrected chi connectivity index (χ0v) is 22.6. The number of nitrogens with one attached hydrogen (secondary N) is 2. The van der Waals surface area contributed by atoms with Crippen molar-refractivity contribution in [1.82, 2.24) is 20.3 Å². The van der Waals surface area contributed by atoms with Crippen molar-refractivity contribution in [1.29, 1.82) is 0 Å². The van der Waals surface area contributed by atoms with Crippen molar-refractivity contribution in [3.63, 3.8) is 0 Å². The predicted molar refractivity (Wildman–Crippen MR) is 156 cm³/mol. The number of piperidine rings is 1. The Morgan fingerprint density at radius 2 is 1.72 bits per heavy atom. The van der Waals surface area contributed by atoms with Crippen molar-refractivity contribution >= 4 is 51.3 Å². The number of carbonyl (C=O) groups is 1. The number of thiocarbonyl (C=S) groups is 1. The Bertz CT molecular complexity index is 1560. The number of anilines is 2. The molecule has 10 nitrogen and oxygen atoms in total. The molecule has 0 radical (unpaired) electrons. The van der Waals surface area contributed by atoms with Crippen LogP contribution in [0.3, 0.4) is 0 Å². The molecule has 39 heavy (non-hydrogen) atoms. The molecule has 0 saturated carbocycles. The average molecular weight is 544 g/mol. The number of amides is 1. The smallest absolute Gasteiger partial charge is 0.293 e. The van der Waals surface area contributed by atoms with Crippen LogP contribution in [0.2, 0.25) is 0 Å². The topological polar surface area (TPSA) is 118 Å². The van der Waals surface area contributed by atoms with E-state index in [-0.39, 0.29) is 16.4 Å². The molecule has 0 spiro atoms. The Kier molecular flexibility index (Phi) is 7.51. The number of hydrogen-bond acceptors (Lipinski definition) is 7. The maximum atomic E-state index is 12.9. The van der Waals surface area contributed by atoms with Gasteiger partial charge in [-0.1, -0.05) is 19.1 Å². The Balaban J connectivity index is 1.30. The number of carbonyl (C=O) groups excluding carboxylic acids is 1. The number of nitro benzene ring substituents is 1. The molecular formula is C28H29N7O3S. The zero-order chi connectivity index (χ0) is 27.5. The van der Waals surface area contributed by atoms with E-state index in [9.17, 15) is 14.9 Å². The largest absolute Gasteiger partial charge is 0.366 e. The molecule has 1 aromatic heterocycles. The van der Waals surface area contributed by atoms with Crippen molar-refractivity contribution in [3.05, 3.63) is 81.4 Å². The highest BCUT2D eigenvalue weighted by molar-refractivity contribution is 7.80. The van der Waals surface area contributed by atoms with Crippen LogP contribution in [0.15, 0.2) is 54.6 Å². The molecule has 11 heteroatoms. The van der Waals surface area contributed by atoms with Gasteiger partial charge in [-0.2, -0.15) is 4.80 Å². The highest BCUT2D eigenvalue weighted by Crippen LogP contribution is 2.31. The zero-order valence-electron chi connectivity index (χ0n) is 21.8. The van der Waals surface area contributed by atoms with Crippen LogP contribution >= 0.6 is 12.2 Å². The highest BCUT2D eigenvalue weighted by atomic mass is 32.1. The molecule has 3 aromatic carbocycles. The van der Waals surface area contributed by atoms with Crippen LogP contribution in [0.4, 0.5) is 17.1 Å². The SMILES string of the molecule is CCc1ccc(-n2nc3cc(C)c(NC(=S)NC(=O)c4ccc(N5CCCCC5)c([N+](=O)[O-])c4)cc3n2)cc1. The van der Waals surface area contributed by atoms with Gasteiger partial charge in [-0.05, 0) is 92.4 Å². The van der Waals surface area contributed by atoms with E-state index in [1.807, 2.05) is 36.1 Å². The molecule has 4 aromatic rings. The van der Waals surface area contributed by atoms with Crippen LogP contribution in [0.5, 0.6) is 0 Å². The molecule has 0 bridgehead atoms. The van der Waals surface area contributed by atoms with Crippen molar-refractivity contribution in [2.24, 2.45) is 0 Å². The van der Waals surface area contributed by atoms with Crippen LogP contribution in [0.25, 0.3) is 16.7 Å². The molecule has 1 fully saturated rings. The molecule has 5 rings (SSSR count). The molecule has 0 aliphatic carbocycles. The van der Waals surface area contributed by atoms with E-state index >= 15 is 0 Å². The maximum Gasteiger partial charge on any atom is 0.293 e. The molecule has 0 unspecified atom stereocenters. The van der Waals surface area contributed by atoms with E-state index in [0.29, 0.717) is 16.9 Å². The number of benzene rings is 3. The number of nitro groups is 1. The predicted octanol–water partition coefficient (Wildman–Crippen LogP) is 5.32. The van der Waals surface area contributed by atoms with Gasteiger partial charge in [0, 0.05) is 30.4 Å². The second kappa shape index (κ2) is 11.2. The van der Waals surface area contributed by atoms with E-state index in [0.717, 1.165) is 55.5 Å². The first-order valence-corrected chi connectivity index (χ1v) is 13.4. The fraction of sp³-hybridized carbons (Fsp3) is 0.286. The monoisotopic (exact) mass is 543 g/mol. The number of fused-ring (bicyclic) bond motifs is 1. The third-order valence-electron chi connectivity index (χ3n) is 6.91. The van der Waals surface area contributed by atoms with Gasteiger partial charge in [0.05, 0.1) is 10.6 Å². The lowest BCUT2D eigenvalue weighted by Gasteiger charge is -2.28. The molecule has 1 saturated heterocycles. The Hall–Kier alpha value is -4.38. The van der Waals surface area contributed by atoms with Gasteiger partial charge in [-0.25, -0.2) is 0 Å². The van der Waals surface area contributed by atoms with Gasteiger partial charge in [-0.3, -0.25) is 20.2 Å². The first kappa shape index (κ1) is 26.2. The molecule has 0 atom stereocenters. The third-order valence-corrected chi connectivity index (χ3v) is 7.11. The standard InChI is InChI=1S/C28H29N7O3S/c1-3-19-7-10-21(11-8-19)34-31-23-15-18(2)22(17-24(23)32-34)29-28(39)30-27(36)20-9-12-25(26(16-20)35(37)38)33-13-5-4-6-14-33/h7-12,15-17H,3-6,13-14H2,1-2H3,(H2,29,30,36,39). The first-order chi connectivity index (χ1) is 18.8. The van der Waals surface area contributed by atoms with Crippen molar-refractivity contribution in [3.8, 4) is 5.69 Å². The molecule has 1 aliphatic heterocycles. The second-order valence-corrected chi connectivity index (χ2v) is 9.99. The summed E-state index contributed by atoms with van der Waals surface area (Å²) in [6.07, 6.45) is 4.06. The van der Waals surface area contributed by atoms with Crippen LogP contribution in [0.1, 0.15) is 47.7 Å². The summed E-state index contributed by atoms with van der Waals surface area (Å²) in [4.78, 5) is 27.8. The molecule has 1 aliphatic rings. The van der Waals surface area contributed by atoms with Crippen LogP contribution < -0.4 is 15.5 Å². The fourth-order valence-electron chi connectivity index (χ4n) is 4.73. The van der Waals surface area contributed by atoms with E-state index in [4.69, 9.17) is 12.2 Å². The minimum Gasteiger partial charge on any atom is -0.366 e. The highest BCUT2D eigenvalue weighted by Gasteiger charge is 2.23. The quantitative estimate of drug-likeness (QED) is 0.191. The van der Waals surface area contributed by atoms with Crippen LogP contribution in [0, 0.1) is 17.0 Å². The maximum absolute atomic E-state index is 12.9. The van der Waals surface area contributed by atoms with Gasteiger partial charge in [0.25, 0.3) is 11.6 Å². The van der Waals surface area contributed by atoms with Gasteiger partial charge in [-0.15, -0.1) is 10.2 Å².